The van der Waals surface area contributed by atoms with E-state index < -0.39 is 15.9 Å². The monoisotopic (exact) mass is 241 g/mol. The number of carbonyl (C=O) groups is 1. The quantitative estimate of drug-likeness (QED) is 0.791. The Bertz CT molecular complexity index is 453. The van der Waals surface area contributed by atoms with Gasteiger partial charge in [-0.3, -0.25) is 4.79 Å². The molecule has 0 aliphatic heterocycles. The summed E-state index contributed by atoms with van der Waals surface area (Å²) in [5.41, 5.74) is 1.01. The first kappa shape index (κ1) is 12.7. The summed E-state index contributed by atoms with van der Waals surface area (Å²) >= 11 is 0. The van der Waals surface area contributed by atoms with E-state index in [1.807, 2.05) is 30.3 Å². The second-order valence-electron chi connectivity index (χ2n) is 3.59. The van der Waals surface area contributed by atoms with Gasteiger partial charge in [0.15, 0.2) is 0 Å². The lowest BCUT2D eigenvalue weighted by molar-refractivity contribution is -0.124. The van der Waals surface area contributed by atoms with Gasteiger partial charge in [-0.05, 0) is 12.0 Å². The van der Waals surface area contributed by atoms with E-state index in [4.69, 9.17) is 0 Å². The van der Waals surface area contributed by atoms with E-state index in [9.17, 15) is 13.2 Å². The SMILES string of the molecule is CC(=O)N(CCc1ccccc1)S(C)(=O)=O. The zero-order chi connectivity index (χ0) is 12.2. The molecule has 0 N–H and O–H groups in total. The largest absolute Gasteiger partial charge is 0.274 e. The summed E-state index contributed by atoms with van der Waals surface area (Å²) in [6, 6.07) is 9.46. The topological polar surface area (TPSA) is 54.5 Å². The maximum absolute atomic E-state index is 11.3. The highest BCUT2D eigenvalue weighted by Gasteiger charge is 2.18. The number of hydrogen-bond acceptors (Lipinski definition) is 3. The van der Waals surface area contributed by atoms with Crippen LogP contribution in [0.3, 0.4) is 0 Å². The summed E-state index contributed by atoms with van der Waals surface area (Å²) in [7, 11) is -3.45. The van der Waals surface area contributed by atoms with Gasteiger partial charge < -0.3 is 0 Å². The van der Waals surface area contributed by atoms with Crippen molar-refractivity contribution in [3.63, 3.8) is 0 Å². The molecule has 0 saturated heterocycles. The number of carbonyl (C=O) groups excluding carboxylic acids is 1. The van der Waals surface area contributed by atoms with Crippen LogP contribution in [0.15, 0.2) is 30.3 Å². The number of rotatable bonds is 4. The molecule has 0 unspecified atom stereocenters. The molecule has 0 fully saturated rings. The average molecular weight is 241 g/mol. The Morgan fingerprint density at radius 1 is 1.25 bits per heavy atom. The fourth-order valence-corrected chi connectivity index (χ4v) is 2.32. The summed E-state index contributed by atoms with van der Waals surface area (Å²) in [6.45, 7) is 1.45. The Balaban J connectivity index is 2.69. The summed E-state index contributed by atoms with van der Waals surface area (Å²) in [6.07, 6.45) is 1.58. The van der Waals surface area contributed by atoms with Crippen molar-refractivity contribution in [2.45, 2.75) is 13.3 Å². The molecule has 0 radical (unpaired) electrons. The van der Waals surface area contributed by atoms with Gasteiger partial charge in [-0.25, -0.2) is 12.7 Å². The molecular weight excluding hydrogens is 226 g/mol. The molecule has 1 aromatic rings. The summed E-state index contributed by atoms with van der Waals surface area (Å²) in [5, 5.41) is 0. The minimum Gasteiger partial charge on any atom is -0.274 e. The minimum atomic E-state index is -3.45. The molecule has 1 amide bonds. The Hall–Kier alpha value is -1.36. The van der Waals surface area contributed by atoms with Gasteiger partial charge in [0.25, 0.3) is 0 Å². The van der Waals surface area contributed by atoms with Crippen LogP contribution in [0.25, 0.3) is 0 Å². The van der Waals surface area contributed by atoms with Gasteiger partial charge in [0.05, 0.1) is 6.26 Å². The van der Waals surface area contributed by atoms with E-state index in [2.05, 4.69) is 0 Å². The lowest BCUT2D eigenvalue weighted by Crippen LogP contribution is -2.35. The van der Waals surface area contributed by atoms with Crippen LogP contribution >= 0.6 is 0 Å². The molecular formula is C11H15NO3S. The first-order valence-corrected chi connectivity index (χ1v) is 6.78. The molecule has 1 rings (SSSR count). The standard InChI is InChI=1S/C11H15NO3S/c1-10(13)12(16(2,14)15)9-8-11-6-4-3-5-7-11/h3-7H,8-9H2,1-2H3. The van der Waals surface area contributed by atoms with E-state index in [0.29, 0.717) is 6.42 Å². The smallest absolute Gasteiger partial charge is 0.234 e. The normalized spacial score (nSPS) is 11.1. The van der Waals surface area contributed by atoms with Crippen molar-refractivity contribution in [3.05, 3.63) is 35.9 Å². The van der Waals surface area contributed by atoms with Gasteiger partial charge in [-0.15, -0.1) is 0 Å². The molecule has 0 spiro atoms. The Kier molecular flexibility index (Phi) is 4.06. The van der Waals surface area contributed by atoms with Crippen LogP contribution in [0.4, 0.5) is 0 Å². The lowest BCUT2D eigenvalue weighted by Gasteiger charge is -2.18. The van der Waals surface area contributed by atoms with Crippen molar-refractivity contribution < 1.29 is 13.2 Å². The van der Waals surface area contributed by atoms with Crippen LogP contribution in [0, 0.1) is 0 Å². The van der Waals surface area contributed by atoms with E-state index >= 15 is 0 Å². The van der Waals surface area contributed by atoms with Gasteiger partial charge in [-0.2, -0.15) is 0 Å². The first-order chi connectivity index (χ1) is 7.41. The molecule has 0 aliphatic carbocycles. The summed E-state index contributed by atoms with van der Waals surface area (Å²) in [5.74, 6) is -0.446. The molecule has 0 aliphatic rings. The molecule has 0 aromatic heterocycles. The van der Waals surface area contributed by atoms with Gasteiger partial charge in [0, 0.05) is 13.5 Å². The molecule has 5 heteroatoms. The zero-order valence-electron chi connectivity index (χ0n) is 9.38. The summed E-state index contributed by atoms with van der Waals surface area (Å²) in [4.78, 5) is 11.2. The highest BCUT2D eigenvalue weighted by molar-refractivity contribution is 7.88. The maximum atomic E-state index is 11.3. The van der Waals surface area contributed by atoms with Crippen LogP contribution in [0.2, 0.25) is 0 Å². The third-order valence-electron chi connectivity index (χ3n) is 2.20. The maximum Gasteiger partial charge on any atom is 0.234 e. The molecule has 88 valence electrons. The number of benzene rings is 1. The number of nitrogens with zero attached hydrogens (tertiary/aromatic N) is 1. The van der Waals surface area contributed by atoms with E-state index in [0.717, 1.165) is 16.1 Å². The van der Waals surface area contributed by atoms with Crippen molar-refractivity contribution >= 4 is 15.9 Å². The van der Waals surface area contributed by atoms with Crippen LogP contribution in [-0.4, -0.2) is 31.4 Å². The minimum absolute atomic E-state index is 0.193. The van der Waals surface area contributed by atoms with E-state index in [1.54, 1.807) is 0 Å². The van der Waals surface area contributed by atoms with Crippen LogP contribution < -0.4 is 0 Å². The molecule has 4 nitrogen and oxygen atoms in total. The molecule has 0 bridgehead atoms. The predicted octanol–water partition coefficient (Wildman–Crippen LogP) is 1.04. The molecule has 0 heterocycles. The second kappa shape index (κ2) is 5.12. The summed E-state index contributed by atoms with van der Waals surface area (Å²) < 4.78 is 23.5. The molecule has 0 atom stereocenters. The highest BCUT2D eigenvalue weighted by Crippen LogP contribution is 2.04. The third-order valence-corrected chi connectivity index (χ3v) is 3.44. The van der Waals surface area contributed by atoms with Gasteiger partial charge in [-0.1, -0.05) is 30.3 Å². The Morgan fingerprint density at radius 3 is 2.25 bits per heavy atom. The van der Waals surface area contributed by atoms with Gasteiger partial charge >= 0.3 is 0 Å². The molecule has 1 aromatic carbocycles. The van der Waals surface area contributed by atoms with Crippen LogP contribution in [0.1, 0.15) is 12.5 Å². The van der Waals surface area contributed by atoms with Gasteiger partial charge in [0.2, 0.25) is 15.9 Å². The number of sulfonamides is 1. The van der Waals surface area contributed by atoms with Crippen molar-refractivity contribution in [1.82, 2.24) is 4.31 Å². The van der Waals surface area contributed by atoms with Crippen molar-refractivity contribution in [1.29, 1.82) is 0 Å². The van der Waals surface area contributed by atoms with E-state index in [1.165, 1.54) is 6.92 Å². The van der Waals surface area contributed by atoms with Crippen molar-refractivity contribution in [2.75, 3.05) is 12.8 Å². The van der Waals surface area contributed by atoms with E-state index in [-0.39, 0.29) is 6.54 Å². The van der Waals surface area contributed by atoms with Crippen molar-refractivity contribution in [3.8, 4) is 0 Å². The van der Waals surface area contributed by atoms with Gasteiger partial charge in [0.1, 0.15) is 0 Å². The van der Waals surface area contributed by atoms with Crippen molar-refractivity contribution in [2.24, 2.45) is 0 Å². The predicted molar refractivity (Wildman–Crippen MR) is 62.4 cm³/mol. The van der Waals surface area contributed by atoms with Crippen LogP contribution in [0.5, 0.6) is 0 Å². The molecule has 16 heavy (non-hydrogen) atoms. The second-order valence-corrected chi connectivity index (χ2v) is 5.50. The fraction of sp³-hybridized carbons (Fsp3) is 0.364. The highest BCUT2D eigenvalue weighted by atomic mass is 32.2. The lowest BCUT2D eigenvalue weighted by atomic mass is 10.1. The number of amides is 1. The van der Waals surface area contributed by atoms with Crippen LogP contribution in [-0.2, 0) is 21.2 Å². The third kappa shape index (κ3) is 3.66. The zero-order valence-corrected chi connectivity index (χ0v) is 10.2. The average Bonchev–Trinajstić information content (AvgIpc) is 2.17. The molecule has 0 saturated carbocycles. The Labute approximate surface area is 95.9 Å². The Morgan fingerprint density at radius 2 is 1.81 bits per heavy atom. The first-order valence-electron chi connectivity index (χ1n) is 4.93. The fourth-order valence-electron chi connectivity index (χ4n) is 1.43. The number of hydrogen-bond donors (Lipinski definition) is 0.